The highest BCUT2D eigenvalue weighted by Crippen LogP contribution is 2.09. The lowest BCUT2D eigenvalue weighted by atomic mass is 10.1. The molecule has 1 amide bonds. The number of aliphatic hydroxyl groups is 1. The second kappa shape index (κ2) is 5.32. The van der Waals surface area contributed by atoms with Crippen LogP contribution in [0.5, 0.6) is 0 Å². The summed E-state index contributed by atoms with van der Waals surface area (Å²) in [6, 6.07) is 0.160. The fourth-order valence-electron chi connectivity index (χ4n) is 0.918. The summed E-state index contributed by atoms with van der Waals surface area (Å²) in [6.07, 6.45) is 0. The number of rotatable bonds is 5. The Kier molecular flexibility index (Phi) is 5.08. The average Bonchev–Trinajstić information content (AvgIpc) is 2.02. The van der Waals surface area contributed by atoms with Crippen molar-refractivity contribution in [2.45, 2.75) is 39.3 Å². The first-order chi connectivity index (χ1) is 6.29. The molecule has 0 atom stereocenters. The molecule has 2 N–H and O–H groups in total. The third-order valence-corrected chi connectivity index (χ3v) is 2.25. The van der Waals surface area contributed by atoms with Crippen LogP contribution in [0, 0.1) is 0 Å². The van der Waals surface area contributed by atoms with Crippen LogP contribution in [0.1, 0.15) is 27.7 Å². The molecule has 0 saturated carbocycles. The van der Waals surface area contributed by atoms with Gasteiger partial charge in [0.1, 0.15) is 0 Å². The van der Waals surface area contributed by atoms with Crippen molar-refractivity contribution in [2.75, 3.05) is 20.2 Å². The lowest BCUT2D eigenvalue weighted by Crippen LogP contribution is -2.49. The van der Waals surface area contributed by atoms with Crippen LogP contribution in [0.3, 0.4) is 0 Å². The minimum Gasteiger partial charge on any atom is -0.394 e. The summed E-state index contributed by atoms with van der Waals surface area (Å²) < 4.78 is 0. The number of nitrogens with one attached hydrogen (secondary N) is 1. The second-order valence-corrected chi connectivity index (χ2v) is 4.55. The van der Waals surface area contributed by atoms with E-state index in [9.17, 15) is 4.79 Å². The van der Waals surface area contributed by atoms with Gasteiger partial charge in [0.05, 0.1) is 13.2 Å². The second-order valence-electron chi connectivity index (χ2n) is 4.55. The summed E-state index contributed by atoms with van der Waals surface area (Å²) in [5.74, 6) is -0.0102. The zero-order chi connectivity index (χ0) is 11.4. The van der Waals surface area contributed by atoms with E-state index < -0.39 is 0 Å². The first kappa shape index (κ1) is 13.4. The van der Waals surface area contributed by atoms with Crippen LogP contribution in [0.25, 0.3) is 0 Å². The zero-order valence-corrected chi connectivity index (χ0v) is 9.79. The van der Waals surface area contributed by atoms with Crippen molar-refractivity contribution in [2.24, 2.45) is 0 Å². The van der Waals surface area contributed by atoms with Crippen molar-refractivity contribution in [1.82, 2.24) is 10.2 Å². The van der Waals surface area contributed by atoms with Gasteiger partial charge in [0.15, 0.2) is 0 Å². The number of aliphatic hydroxyl groups excluding tert-OH is 1. The number of hydrogen-bond donors (Lipinski definition) is 2. The highest BCUT2D eigenvalue weighted by molar-refractivity contribution is 5.78. The topological polar surface area (TPSA) is 52.6 Å². The number of nitrogens with zero attached hydrogens (tertiary/aromatic N) is 1. The maximum atomic E-state index is 11.4. The minimum atomic E-state index is -0.353. The molecule has 14 heavy (non-hydrogen) atoms. The maximum Gasteiger partial charge on any atom is 0.234 e. The molecule has 4 heteroatoms. The predicted molar refractivity (Wildman–Crippen MR) is 57.1 cm³/mol. The molecule has 0 aliphatic rings. The number of hydrogen-bond acceptors (Lipinski definition) is 3. The molecule has 0 aliphatic carbocycles. The largest absolute Gasteiger partial charge is 0.394 e. The van der Waals surface area contributed by atoms with Gasteiger partial charge in [-0.1, -0.05) is 0 Å². The van der Waals surface area contributed by atoms with E-state index in [1.165, 1.54) is 0 Å². The molecule has 0 aromatic carbocycles. The van der Waals surface area contributed by atoms with Crippen molar-refractivity contribution >= 4 is 5.91 Å². The van der Waals surface area contributed by atoms with Gasteiger partial charge < -0.3 is 10.4 Å². The standard InChI is InChI=1S/C10H22N2O2/c1-8(2)11-9(14)6-12(5)10(3,4)7-13/h8,13H,6-7H2,1-5H3,(H,11,14). The van der Waals surface area contributed by atoms with Crippen LogP contribution in [-0.2, 0) is 4.79 Å². The van der Waals surface area contributed by atoms with Gasteiger partial charge in [-0.05, 0) is 34.7 Å². The molecule has 0 radical (unpaired) electrons. The van der Waals surface area contributed by atoms with Crippen LogP contribution < -0.4 is 5.32 Å². The Balaban J connectivity index is 4.06. The first-order valence-electron chi connectivity index (χ1n) is 4.91. The van der Waals surface area contributed by atoms with Gasteiger partial charge in [-0.25, -0.2) is 0 Å². The Hall–Kier alpha value is -0.610. The number of amides is 1. The molecule has 4 nitrogen and oxygen atoms in total. The molecule has 0 aliphatic heterocycles. The maximum absolute atomic E-state index is 11.4. The molecule has 0 fully saturated rings. The van der Waals surface area contributed by atoms with Crippen LogP contribution in [-0.4, -0.2) is 47.7 Å². The molecule has 0 aromatic rings. The van der Waals surface area contributed by atoms with Crippen molar-refractivity contribution in [1.29, 1.82) is 0 Å². The van der Waals surface area contributed by atoms with Crippen LogP contribution >= 0.6 is 0 Å². The number of carbonyl (C=O) groups is 1. The quantitative estimate of drug-likeness (QED) is 0.670. The monoisotopic (exact) mass is 202 g/mol. The molecule has 0 bridgehead atoms. The molecular weight excluding hydrogens is 180 g/mol. The summed E-state index contributed by atoms with van der Waals surface area (Å²) in [4.78, 5) is 13.2. The first-order valence-corrected chi connectivity index (χ1v) is 4.91. The van der Waals surface area contributed by atoms with E-state index in [0.717, 1.165) is 0 Å². The predicted octanol–water partition coefficient (Wildman–Crippen LogP) is 0.214. The molecule has 0 unspecified atom stereocenters. The fraction of sp³-hybridized carbons (Fsp3) is 0.900. The summed E-state index contributed by atoms with van der Waals surface area (Å²) >= 11 is 0. The van der Waals surface area contributed by atoms with Gasteiger partial charge in [-0.3, -0.25) is 9.69 Å². The van der Waals surface area contributed by atoms with Crippen LogP contribution in [0.15, 0.2) is 0 Å². The minimum absolute atomic E-state index is 0.0102. The van der Waals surface area contributed by atoms with Gasteiger partial charge in [-0.2, -0.15) is 0 Å². The number of likely N-dealkylation sites (N-methyl/N-ethyl adjacent to an activating group) is 1. The summed E-state index contributed by atoms with van der Waals surface area (Å²) in [5, 5.41) is 11.9. The zero-order valence-electron chi connectivity index (χ0n) is 9.79. The molecule has 0 spiro atoms. The van der Waals surface area contributed by atoms with E-state index in [4.69, 9.17) is 5.11 Å². The highest BCUT2D eigenvalue weighted by Gasteiger charge is 2.24. The van der Waals surface area contributed by atoms with Gasteiger partial charge in [-0.15, -0.1) is 0 Å². The summed E-state index contributed by atoms with van der Waals surface area (Å²) in [5.41, 5.74) is -0.353. The van der Waals surface area contributed by atoms with Crippen molar-refractivity contribution in [3.8, 4) is 0 Å². The third-order valence-electron chi connectivity index (χ3n) is 2.25. The fourth-order valence-corrected chi connectivity index (χ4v) is 0.918. The third kappa shape index (κ3) is 4.58. The summed E-state index contributed by atoms with van der Waals surface area (Å²) in [7, 11) is 1.83. The molecule has 84 valence electrons. The van der Waals surface area contributed by atoms with Crippen molar-refractivity contribution < 1.29 is 9.90 Å². The molecule has 0 saturated heterocycles. The SMILES string of the molecule is CC(C)NC(=O)CN(C)C(C)(C)CO. The molecule has 0 aromatic heterocycles. The number of carbonyl (C=O) groups excluding carboxylic acids is 1. The van der Waals surface area contributed by atoms with Crippen LogP contribution in [0.2, 0.25) is 0 Å². The van der Waals surface area contributed by atoms with Crippen LogP contribution in [0.4, 0.5) is 0 Å². The Labute approximate surface area is 86.3 Å². The van der Waals surface area contributed by atoms with E-state index in [-0.39, 0.29) is 24.1 Å². The van der Waals surface area contributed by atoms with Gasteiger partial charge in [0.25, 0.3) is 0 Å². The Morgan fingerprint density at radius 1 is 1.50 bits per heavy atom. The normalized spacial score (nSPS) is 12.3. The van der Waals surface area contributed by atoms with Crippen molar-refractivity contribution in [3.05, 3.63) is 0 Å². The van der Waals surface area contributed by atoms with Gasteiger partial charge >= 0.3 is 0 Å². The molecule has 0 rings (SSSR count). The smallest absolute Gasteiger partial charge is 0.234 e. The van der Waals surface area contributed by atoms with E-state index in [0.29, 0.717) is 6.54 Å². The Morgan fingerprint density at radius 3 is 2.36 bits per heavy atom. The Bertz CT molecular complexity index is 191. The molecule has 0 heterocycles. The average molecular weight is 202 g/mol. The van der Waals surface area contributed by atoms with Gasteiger partial charge in [0.2, 0.25) is 5.91 Å². The van der Waals surface area contributed by atoms with E-state index in [2.05, 4.69) is 5.32 Å². The highest BCUT2D eigenvalue weighted by atomic mass is 16.3. The van der Waals surface area contributed by atoms with E-state index in [1.807, 2.05) is 39.6 Å². The lowest BCUT2D eigenvalue weighted by molar-refractivity contribution is -0.124. The lowest BCUT2D eigenvalue weighted by Gasteiger charge is -2.33. The molecular formula is C10H22N2O2. The van der Waals surface area contributed by atoms with E-state index >= 15 is 0 Å². The Morgan fingerprint density at radius 2 is 2.00 bits per heavy atom. The van der Waals surface area contributed by atoms with Crippen molar-refractivity contribution in [3.63, 3.8) is 0 Å². The van der Waals surface area contributed by atoms with Gasteiger partial charge in [0, 0.05) is 11.6 Å². The van der Waals surface area contributed by atoms with E-state index in [1.54, 1.807) is 0 Å². The summed E-state index contributed by atoms with van der Waals surface area (Å²) in [6.45, 7) is 8.00.